The molecule has 0 aliphatic rings. The van der Waals surface area contributed by atoms with Gasteiger partial charge in [0.05, 0.1) is 19.5 Å². The number of carbonyl (C=O) groups excluding carboxylic acids is 1. The van der Waals surface area contributed by atoms with E-state index in [2.05, 4.69) is 36.2 Å². The van der Waals surface area contributed by atoms with Crippen molar-refractivity contribution in [3.05, 3.63) is 48.0 Å². The smallest absolute Gasteiger partial charge is 0.237 e. The number of hydrogen-bond donors (Lipinski definition) is 1. The molecule has 2 aromatic rings. The first kappa shape index (κ1) is 22.1. The van der Waals surface area contributed by atoms with Crippen molar-refractivity contribution in [3.8, 4) is 11.5 Å². The van der Waals surface area contributed by atoms with Gasteiger partial charge in [-0.05, 0) is 55.9 Å². The van der Waals surface area contributed by atoms with Gasteiger partial charge in [0.15, 0.2) is 11.5 Å². The number of hydrogen-bond acceptors (Lipinski definition) is 5. The number of methoxy groups -OCH3 is 2. The van der Waals surface area contributed by atoms with Crippen LogP contribution in [0.4, 0.5) is 5.69 Å². The first-order valence-corrected chi connectivity index (χ1v) is 10.4. The van der Waals surface area contributed by atoms with Gasteiger partial charge in [-0.2, -0.15) is 0 Å². The molecule has 0 bridgehead atoms. The number of carbonyl (C=O) groups is 1. The molecule has 1 atom stereocenters. The monoisotopic (exact) mass is 402 g/mol. The Hall–Kier alpha value is -2.18. The van der Waals surface area contributed by atoms with Crippen LogP contribution in [0.15, 0.2) is 47.4 Å². The van der Waals surface area contributed by atoms with E-state index >= 15 is 0 Å². The number of benzene rings is 2. The topological polar surface area (TPSA) is 50.8 Å². The summed E-state index contributed by atoms with van der Waals surface area (Å²) < 4.78 is 10.6. The minimum absolute atomic E-state index is 0.0312. The minimum Gasteiger partial charge on any atom is -0.493 e. The molecule has 0 spiro atoms. The van der Waals surface area contributed by atoms with Crippen LogP contribution >= 0.6 is 11.8 Å². The number of amides is 1. The van der Waals surface area contributed by atoms with Crippen molar-refractivity contribution in [2.75, 3.05) is 32.6 Å². The lowest BCUT2D eigenvalue weighted by Gasteiger charge is -2.18. The number of rotatable bonds is 10. The summed E-state index contributed by atoms with van der Waals surface area (Å²) in [4.78, 5) is 15.9. The van der Waals surface area contributed by atoms with Gasteiger partial charge in [-0.1, -0.05) is 26.0 Å². The highest BCUT2D eigenvalue weighted by atomic mass is 32.2. The molecule has 0 saturated carbocycles. The summed E-state index contributed by atoms with van der Waals surface area (Å²) >= 11 is 1.48. The normalized spacial score (nSPS) is 11.9. The molecule has 0 unspecified atom stereocenters. The van der Waals surface area contributed by atoms with Gasteiger partial charge in [0, 0.05) is 17.1 Å². The molecule has 5 nitrogen and oxygen atoms in total. The van der Waals surface area contributed by atoms with E-state index in [1.165, 1.54) is 17.3 Å². The van der Waals surface area contributed by atoms with Gasteiger partial charge in [0.25, 0.3) is 0 Å². The molecule has 0 heterocycles. The van der Waals surface area contributed by atoms with E-state index < -0.39 is 0 Å². The summed E-state index contributed by atoms with van der Waals surface area (Å²) in [6.45, 7) is 9.20. The van der Waals surface area contributed by atoms with Crippen molar-refractivity contribution in [3.63, 3.8) is 0 Å². The lowest BCUT2D eigenvalue weighted by Crippen LogP contribution is -2.23. The zero-order chi connectivity index (χ0) is 20.5. The Bertz CT molecular complexity index is 761. The second-order valence-electron chi connectivity index (χ2n) is 6.42. The third kappa shape index (κ3) is 6.17. The largest absolute Gasteiger partial charge is 0.493 e. The van der Waals surface area contributed by atoms with Crippen LogP contribution in [-0.4, -0.2) is 43.4 Å². The Morgan fingerprint density at radius 1 is 1.04 bits per heavy atom. The number of thioether (sulfide) groups is 1. The average Bonchev–Trinajstić information content (AvgIpc) is 2.72. The Balaban J connectivity index is 1.95. The number of ether oxygens (including phenoxy) is 2. The van der Waals surface area contributed by atoms with Crippen LogP contribution in [0.25, 0.3) is 0 Å². The number of nitrogens with zero attached hydrogens (tertiary/aromatic N) is 1. The van der Waals surface area contributed by atoms with Crippen LogP contribution in [0.2, 0.25) is 0 Å². The molecule has 2 aromatic carbocycles. The molecule has 1 N–H and O–H groups in total. The van der Waals surface area contributed by atoms with E-state index in [1.807, 2.05) is 37.3 Å². The molecule has 2 rings (SSSR count). The molecule has 6 heteroatoms. The number of nitrogens with one attached hydrogen (secondary N) is 1. The molecule has 0 aliphatic heterocycles. The highest BCUT2D eigenvalue weighted by Crippen LogP contribution is 2.33. The Morgan fingerprint density at radius 2 is 1.68 bits per heavy atom. The third-order valence-electron chi connectivity index (χ3n) is 4.56. The van der Waals surface area contributed by atoms with Crippen molar-refractivity contribution >= 4 is 23.4 Å². The maximum Gasteiger partial charge on any atom is 0.237 e. The Labute approximate surface area is 172 Å². The first-order chi connectivity index (χ1) is 13.5. The maximum absolute atomic E-state index is 12.6. The fourth-order valence-electron chi connectivity index (χ4n) is 2.79. The van der Waals surface area contributed by atoms with Gasteiger partial charge in [-0.25, -0.2) is 0 Å². The summed E-state index contributed by atoms with van der Waals surface area (Å²) in [6, 6.07) is 13.7. The van der Waals surface area contributed by atoms with Crippen molar-refractivity contribution in [2.45, 2.75) is 37.5 Å². The first-order valence-electron chi connectivity index (χ1n) is 9.51. The van der Waals surface area contributed by atoms with Crippen molar-refractivity contribution < 1.29 is 14.3 Å². The van der Waals surface area contributed by atoms with Crippen molar-refractivity contribution in [2.24, 2.45) is 0 Å². The van der Waals surface area contributed by atoms with Gasteiger partial charge in [0.2, 0.25) is 5.91 Å². The summed E-state index contributed by atoms with van der Waals surface area (Å²) in [5.74, 6) is 1.30. The predicted molar refractivity (Wildman–Crippen MR) is 117 cm³/mol. The fraction of sp³-hybridized carbons (Fsp3) is 0.409. The zero-order valence-electron chi connectivity index (χ0n) is 17.3. The van der Waals surface area contributed by atoms with Gasteiger partial charge in [0.1, 0.15) is 0 Å². The lowest BCUT2D eigenvalue weighted by atomic mass is 10.2. The molecule has 28 heavy (non-hydrogen) atoms. The van der Waals surface area contributed by atoms with Crippen LogP contribution in [0.1, 0.15) is 26.3 Å². The van der Waals surface area contributed by atoms with Crippen LogP contribution < -0.4 is 14.8 Å². The molecule has 1 amide bonds. The van der Waals surface area contributed by atoms with Gasteiger partial charge in [-0.3, -0.25) is 9.69 Å². The molecular weight excluding hydrogens is 372 g/mol. The highest BCUT2D eigenvalue weighted by molar-refractivity contribution is 8.00. The number of anilines is 1. The lowest BCUT2D eigenvalue weighted by molar-refractivity contribution is -0.115. The van der Waals surface area contributed by atoms with Crippen molar-refractivity contribution in [1.29, 1.82) is 0 Å². The second kappa shape index (κ2) is 11.0. The average molecular weight is 403 g/mol. The van der Waals surface area contributed by atoms with E-state index in [4.69, 9.17) is 9.47 Å². The Morgan fingerprint density at radius 3 is 2.25 bits per heavy atom. The van der Waals surface area contributed by atoms with Gasteiger partial charge in [-0.15, -0.1) is 11.8 Å². The molecule has 0 saturated heterocycles. The molecular formula is C22H30N2O3S. The summed E-state index contributed by atoms with van der Waals surface area (Å²) in [6.07, 6.45) is 0. The van der Waals surface area contributed by atoms with Crippen LogP contribution in [-0.2, 0) is 11.3 Å². The molecule has 0 aliphatic carbocycles. The minimum atomic E-state index is -0.242. The molecule has 0 fully saturated rings. The van der Waals surface area contributed by atoms with Gasteiger partial charge >= 0.3 is 0 Å². The molecule has 0 radical (unpaired) electrons. The van der Waals surface area contributed by atoms with E-state index in [9.17, 15) is 4.79 Å². The maximum atomic E-state index is 12.6. The zero-order valence-corrected chi connectivity index (χ0v) is 18.1. The van der Waals surface area contributed by atoms with E-state index in [1.54, 1.807) is 14.2 Å². The van der Waals surface area contributed by atoms with Crippen LogP contribution in [0, 0.1) is 0 Å². The summed E-state index contributed by atoms with van der Waals surface area (Å²) in [5.41, 5.74) is 2.06. The Kier molecular flexibility index (Phi) is 8.67. The van der Waals surface area contributed by atoms with Crippen molar-refractivity contribution in [1.82, 2.24) is 4.90 Å². The summed E-state index contributed by atoms with van der Waals surface area (Å²) in [5, 5.41) is 2.75. The molecule has 152 valence electrons. The quantitative estimate of drug-likeness (QED) is 0.586. The van der Waals surface area contributed by atoms with E-state index in [-0.39, 0.29) is 11.2 Å². The van der Waals surface area contributed by atoms with E-state index in [0.717, 1.165) is 30.2 Å². The predicted octanol–water partition coefficient (Wildman–Crippen LogP) is 4.66. The van der Waals surface area contributed by atoms with Gasteiger partial charge < -0.3 is 14.8 Å². The fourth-order valence-corrected chi connectivity index (χ4v) is 3.69. The van der Waals surface area contributed by atoms with E-state index in [0.29, 0.717) is 11.5 Å². The SMILES string of the molecule is CCN(CC)Cc1ccc(NC(=O)[C@@H](C)Sc2ccc(OC)c(OC)c2)cc1. The second-order valence-corrected chi connectivity index (χ2v) is 7.84. The van der Waals surface area contributed by atoms with Crippen LogP contribution in [0.3, 0.4) is 0 Å². The highest BCUT2D eigenvalue weighted by Gasteiger charge is 2.16. The van der Waals surface area contributed by atoms with Crippen LogP contribution in [0.5, 0.6) is 11.5 Å². The standard InChI is InChI=1S/C22H30N2O3S/c1-6-24(7-2)15-17-8-10-18(11-9-17)23-22(25)16(3)28-19-12-13-20(26-4)21(14-19)27-5/h8-14,16H,6-7,15H2,1-5H3,(H,23,25)/t16-/m1/s1. The third-order valence-corrected chi connectivity index (χ3v) is 5.65. The summed E-state index contributed by atoms with van der Waals surface area (Å²) in [7, 11) is 3.21. The molecule has 0 aromatic heterocycles.